The van der Waals surface area contributed by atoms with E-state index in [2.05, 4.69) is 47.8 Å². The Labute approximate surface area is 127 Å². The van der Waals surface area contributed by atoms with E-state index in [-0.39, 0.29) is 5.54 Å². The van der Waals surface area contributed by atoms with Crippen LogP contribution < -0.4 is 10.1 Å². The number of hydrogen-bond donors (Lipinski definition) is 1. The largest absolute Gasteiger partial charge is 0.492 e. The minimum absolute atomic E-state index is 0.0418. The molecule has 0 atom stereocenters. The number of nitrogens with one attached hydrogen (secondary N) is 1. The van der Waals surface area contributed by atoms with Gasteiger partial charge in [-0.1, -0.05) is 17.7 Å². The van der Waals surface area contributed by atoms with Crippen molar-refractivity contribution in [3.05, 3.63) is 48.5 Å². The first-order valence-electron chi connectivity index (χ1n) is 7.45. The number of aromatic nitrogens is 2. The highest BCUT2D eigenvalue weighted by molar-refractivity contribution is 5.26. The van der Waals surface area contributed by atoms with Crippen LogP contribution in [-0.2, 0) is 6.54 Å². The molecule has 4 heteroatoms. The number of benzene rings is 1. The quantitative estimate of drug-likeness (QED) is 0.759. The maximum atomic E-state index is 5.85. The van der Waals surface area contributed by atoms with E-state index in [4.69, 9.17) is 4.74 Å². The van der Waals surface area contributed by atoms with Crippen molar-refractivity contribution >= 4 is 0 Å². The van der Waals surface area contributed by atoms with E-state index >= 15 is 0 Å². The Morgan fingerprint density at radius 3 is 2.67 bits per heavy atom. The fraction of sp³-hybridized carbons (Fsp3) is 0.471. The number of imidazole rings is 1. The number of nitrogens with zero attached hydrogens (tertiary/aromatic N) is 2. The average molecular weight is 287 g/mol. The van der Waals surface area contributed by atoms with Crippen LogP contribution in [0, 0.1) is 6.92 Å². The molecular weight excluding hydrogens is 262 g/mol. The van der Waals surface area contributed by atoms with Gasteiger partial charge in [-0.2, -0.15) is 0 Å². The number of hydrogen-bond acceptors (Lipinski definition) is 3. The van der Waals surface area contributed by atoms with Crippen LogP contribution in [0.1, 0.15) is 25.8 Å². The summed E-state index contributed by atoms with van der Waals surface area (Å²) in [5.41, 5.74) is 1.21. The molecule has 0 saturated carbocycles. The van der Waals surface area contributed by atoms with Crippen LogP contribution in [0.5, 0.6) is 5.75 Å². The summed E-state index contributed by atoms with van der Waals surface area (Å²) in [6.07, 6.45) is 6.73. The summed E-state index contributed by atoms with van der Waals surface area (Å²) in [6, 6.07) is 8.18. The summed E-state index contributed by atoms with van der Waals surface area (Å²) in [7, 11) is 0. The summed E-state index contributed by atoms with van der Waals surface area (Å²) < 4.78 is 7.95. The molecule has 0 saturated heterocycles. The Bertz CT molecular complexity index is 517. The van der Waals surface area contributed by atoms with Crippen LogP contribution >= 0.6 is 0 Å². The van der Waals surface area contributed by atoms with Gasteiger partial charge in [-0.05, 0) is 45.9 Å². The van der Waals surface area contributed by atoms with Crippen molar-refractivity contribution in [1.82, 2.24) is 14.9 Å². The van der Waals surface area contributed by atoms with E-state index in [1.165, 1.54) is 5.56 Å². The van der Waals surface area contributed by atoms with Gasteiger partial charge < -0.3 is 14.6 Å². The number of aryl methyl sites for hydroxylation is 2. The summed E-state index contributed by atoms with van der Waals surface area (Å²) >= 11 is 0. The Morgan fingerprint density at radius 1 is 1.24 bits per heavy atom. The summed E-state index contributed by atoms with van der Waals surface area (Å²) in [4.78, 5) is 4.04. The fourth-order valence-corrected chi connectivity index (χ4v) is 2.06. The van der Waals surface area contributed by atoms with Crippen molar-refractivity contribution in [3.63, 3.8) is 0 Å². The molecule has 0 fully saturated rings. The highest BCUT2D eigenvalue weighted by Gasteiger charge is 2.17. The van der Waals surface area contributed by atoms with E-state index < -0.39 is 0 Å². The lowest BCUT2D eigenvalue weighted by molar-refractivity contribution is 0.207. The van der Waals surface area contributed by atoms with E-state index in [1.807, 2.05) is 30.9 Å². The Balaban J connectivity index is 1.67. The lowest BCUT2D eigenvalue weighted by Gasteiger charge is -2.26. The zero-order valence-corrected chi connectivity index (χ0v) is 13.2. The smallest absolute Gasteiger partial charge is 0.119 e. The topological polar surface area (TPSA) is 39.1 Å². The van der Waals surface area contributed by atoms with Gasteiger partial charge in [-0.15, -0.1) is 0 Å². The van der Waals surface area contributed by atoms with Crippen molar-refractivity contribution < 1.29 is 4.74 Å². The van der Waals surface area contributed by atoms with Crippen molar-refractivity contribution in [3.8, 4) is 5.75 Å². The zero-order valence-electron chi connectivity index (χ0n) is 13.2. The standard InChI is InChI=1S/C17H25N3O/c1-15-5-7-16(8-6-15)21-13-17(2,3)19-9-4-11-20-12-10-18-14-20/h5-8,10,12,14,19H,4,9,11,13H2,1-3H3. The summed E-state index contributed by atoms with van der Waals surface area (Å²) in [5.74, 6) is 0.925. The van der Waals surface area contributed by atoms with E-state index in [1.54, 1.807) is 0 Å². The molecule has 2 aromatic rings. The first-order chi connectivity index (χ1) is 10.1. The molecular formula is C17H25N3O. The molecule has 0 spiro atoms. The molecule has 0 aliphatic heterocycles. The molecule has 0 radical (unpaired) electrons. The monoisotopic (exact) mass is 287 g/mol. The Kier molecular flexibility index (Phi) is 5.39. The predicted octanol–water partition coefficient (Wildman–Crippen LogP) is 3.03. The van der Waals surface area contributed by atoms with Gasteiger partial charge in [0, 0.05) is 24.5 Å². The second kappa shape index (κ2) is 7.27. The minimum Gasteiger partial charge on any atom is -0.492 e. The van der Waals surface area contributed by atoms with Crippen LogP contribution in [0.3, 0.4) is 0 Å². The van der Waals surface area contributed by atoms with Crippen molar-refractivity contribution in [1.29, 1.82) is 0 Å². The molecule has 1 aromatic carbocycles. The molecule has 0 amide bonds. The molecule has 114 valence electrons. The third-order valence-electron chi connectivity index (χ3n) is 3.38. The van der Waals surface area contributed by atoms with Crippen molar-refractivity contribution in [2.24, 2.45) is 0 Å². The minimum atomic E-state index is -0.0418. The fourth-order valence-electron chi connectivity index (χ4n) is 2.06. The Hall–Kier alpha value is -1.81. The normalized spacial score (nSPS) is 11.6. The second-order valence-electron chi connectivity index (χ2n) is 6.07. The third kappa shape index (κ3) is 5.60. The maximum absolute atomic E-state index is 5.85. The Morgan fingerprint density at radius 2 is 2.00 bits per heavy atom. The lowest BCUT2D eigenvalue weighted by atomic mass is 10.1. The maximum Gasteiger partial charge on any atom is 0.119 e. The molecule has 21 heavy (non-hydrogen) atoms. The van der Waals surface area contributed by atoms with Crippen LogP contribution in [0.15, 0.2) is 43.0 Å². The first-order valence-corrected chi connectivity index (χ1v) is 7.45. The number of rotatable bonds is 8. The highest BCUT2D eigenvalue weighted by Crippen LogP contribution is 2.13. The predicted molar refractivity (Wildman–Crippen MR) is 85.6 cm³/mol. The molecule has 2 rings (SSSR count). The average Bonchev–Trinajstić information content (AvgIpc) is 2.96. The number of ether oxygens (including phenoxy) is 1. The van der Waals surface area contributed by atoms with Crippen LogP contribution in [0.2, 0.25) is 0 Å². The van der Waals surface area contributed by atoms with Crippen molar-refractivity contribution in [2.45, 2.75) is 39.3 Å². The zero-order chi connectivity index (χ0) is 15.1. The molecule has 4 nitrogen and oxygen atoms in total. The van der Waals surface area contributed by atoms with Gasteiger partial charge in [-0.25, -0.2) is 4.98 Å². The molecule has 0 unspecified atom stereocenters. The van der Waals surface area contributed by atoms with E-state index in [0.29, 0.717) is 6.61 Å². The molecule has 0 aliphatic rings. The van der Waals surface area contributed by atoms with Gasteiger partial charge in [0.2, 0.25) is 0 Å². The molecule has 0 bridgehead atoms. The van der Waals surface area contributed by atoms with Gasteiger partial charge in [0.25, 0.3) is 0 Å². The van der Waals surface area contributed by atoms with Gasteiger partial charge in [0.05, 0.1) is 6.33 Å². The third-order valence-corrected chi connectivity index (χ3v) is 3.38. The van der Waals surface area contributed by atoms with Crippen LogP contribution in [0.25, 0.3) is 0 Å². The summed E-state index contributed by atoms with van der Waals surface area (Å²) in [6.45, 7) is 9.01. The van der Waals surface area contributed by atoms with Crippen molar-refractivity contribution in [2.75, 3.05) is 13.2 Å². The second-order valence-corrected chi connectivity index (χ2v) is 6.07. The van der Waals surface area contributed by atoms with Crippen LogP contribution in [-0.4, -0.2) is 28.2 Å². The molecule has 1 N–H and O–H groups in total. The molecule has 0 aliphatic carbocycles. The highest BCUT2D eigenvalue weighted by atomic mass is 16.5. The lowest BCUT2D eigenvalue weighted by Crippen LogP contribution is -2.45. The van der Waals surface area contributed by atoms with Gasteiger partial charge >= 0.3 is 0 Å². The SMILES string of the molecule is Cc1ccc(OCC(C)(C)NCCCn2ccnc2)cc1. The first kappa shape index (κ1) is 15.6. The van der Waals surface area contributed by atoms with Gasteiger partial charge in [-0.3, -0.25) is 0 Å². The summed E-state index contributed by atoms with van der Waals surface area (Å²) in [5, 5.41) is 3.54. The van der Waals surface area contributed by atoms with E-state index in [9.17, 15) is 0 Å². The van der Waals surface area contributed by atoms with Gasteiger partial charge in [0.1, 0.15) is 12.4 Å². The van der Waals surface area contributed by atoms with Crippen LogP contribution in [0.4, 0.5) is 0 Å². The van der Waals surface area contributed by atoms with Gasteiger partial charge in [0.15, 0.2) is 0 Å². The molecule has 1 heterocycles. The van der Waals surface area contributed by atoms with E-state index in [0.717, 1.165) is 25.3 Å². The molecule has 1 aromatic heterocycles.